The lowest BCUT2D eigenvalue weighted by Crippen LogP contribution is -2.01. The number of hydrogen-bond donors (Lipinski definition) is 0. The van der Waals surface area contributed by atoms with Gasteiger partial charge in [0.1, 0.15) is 11.9 Å². The summed E-state index contributed by atoms with van der Waals surface area (Å²) in [6.07, 6.45) is 3.17. The van der Waals surface area contributed by atoms with Crippen LogP contribution in [0.4, 0.5) is 0 Å². The first-order valence-electron chi connectivity index (χ1n) is 5.95. The van der Waals surface area contributed by atoms with Gasteiger partial charge in [0, 0.05) is 12.2 Å². The van der Waals surface area contributed by atoms with E-state index in [1.54, 1.807) is 7.11 Å². The molecule has 17 heavy (non-hydrogen) atoms. The number of hydrogen-bond acceptors (Lipinski definition) is 2. The minimum atomic E-state index is 0.821. The van der Waals surface area contributed by atoms with E-state index < -0.39 is 0 Å². The summed E-state index contributed by atoms with van der Waals surface area (Å²) in [6.45, 7) is 0.821. The summed E-state index contributed by atoms with van der Waals surface area (Å²) < 4.78 is 11.2. The Morgan fingerprint density at radius 1 is 1.12 bits per heavy atom. The second-order valence-electron chi connectivity index (χ2n) is 4.24. The molecule has 0 amide bonds. The standard InChI is InChI=1S/C15H15O2/c1-16-13-9-8-11-5-2-3-6-12(11)15(13)14-7-4-10-17-14/h2-3,5-6,8-9H,4,7,10H2,1H3. The zero-order valence-electron chi connectivity index (χ0n) is 9.90. The monoisotopic (exact) mass is 227 g/mol. The molecular formula is C15H15O2. The molecule has 3 rings (SSSR count). The van der Waals surface area contributed by atoms with Gasteiger partial charge in [-0.25, -0.2) is 0 Å². The maximum absolute atomic E-state index is 5.73. The van der Waals surface area contributed by atoms with Crippen molar-refractivity contribution >= 4 is 10.8 Å². The Morgan fingerprint density at radius 3 is 2.76 bits per heavy atom. The highest BCUT2D eigenvalue weighted by Crippen LogP contribution is 2.38. The summed E-state index contributed by atoms with van der Waals surface area (Å²) in [6, 6.07) is 12.5. The molecule has 1 fully saturated rings. The van der Waals surface area contributed by atoms with E-state index in [-0.39, 0.29) is 0 Å². The molecule has 87 valence electrons. The Kier molecular flexibility index (Phi) is 2.73. The van der Waals surface area contributed by atoms with Crippen molar-refractivity contribution in [2.24, 2.45) is 0 Å². The molecule has 1 heterocycles. The highest BCUT2D eigenvalue weighted by Gasteiger charge is 2.24. The van der Waals surface area contributed by atoms with E-state index >= 15 is 0 Å². The molecule has 0 aliphatic carbocycles. The second-order valence-corrected chi connectivity index (χ2v) is 4.24. The van der Waals surface area contributed by atoms with Gasteiger partial charge in [-0.3, -0.25) is 0 Å². The summed E-state index contributed by atoms with van der Waals surface area (Å²) in [5, 5.41) is 2.44. The van der Waals surface area contributed by atoms with Crippen LogP contribution in [0.2, 0.25) is 0 Å². The highest BCUT2D eigenvalue weighted by molar-refractivity contribution is 5.89. The first kappa shape index (κ1) is 10.6. The van der Waals surface area contributed by atoms with Gasteiger partial charge in [0.25, 0.3) is 0 Å². The van der Waals surface area contributed by atoms with Gasteiger partial charge in [-0.15, -0.1) is 0 Å². The minimum absolute atomic E-state index is 0.821. The van der Waals surface area contributed by atoms with E-state index in [4.69, 9.17) is 9.47 Å². The smallest absolute Gasteiger partial charge is 0.130 e. The van der Waals surface area contributed by atoms with Crippen molar-refractivity contribution in [2.45, 2.75) is 12.8 Å². The molecule has 0 aromatic heterocycles. The fourth-order valence-electron chi connectivity index (χ4n) is 2.41. The lowest BCUT2D eigenvalue weighted by molar-refractivity contribution is 0.214. The van der Waals surface area contributed by atoms with Gasteiger partial charge in [-0.05, 0) is 29.7 Å². The number of methoxy groups -OCH3 is 1. The third-order valence-electron chi connectivity index (χ3n) is 3.21. The maximum Gasteiger partial charge on any atom is 0.130 e. The molecular weight excluding hydrogens is 212 g/mol. The fourth-order valence-corrected chi connectivity index (χ4v) is 2.41. The molecule has 2 aromatic carbocycles. The van der Waals surface area contributed by atoms with Crippen molar-refractivity contribution in [1.82, 2.24) is 0 Å². The quantitative estimate of drug-likeness (QED) is 0.781. The summed E-state index contributed by atoms with van der Waals surface area (Å²) in [4.78, 5) is 0. The zero-order chi connectivity index (χ0) is 11.7. The minimum Gasteiger partial charge on any atom is -0.496 e. The Labute approximate surface area is 101 Å². The second kappa shape index (κ2) is 4.38. The van der Waals surface area contributed by atoms with Gasteiger partial charge < -0.3 is 9.47 Å². The molecule has 0 bridgehead atoms. The molecule has 0 N–H and O–H groups in total. The molecule has 1 saturated heterocycles. The lowest BCUT2D eigenvalue weighted by Gasteiger charge is -2.16. The Bertz CT molecular complexity index is 527. The predicted molar refractivity (Wildman–Crippen MR) is 68.0 cm³/mol. The summed E-state index contributed by atoms with van der Waals surface area (Å²) in [5.41, 5.74) is 1.13. The van der Waals surface area contributed by atoms with E-state index in [1.807, 2.05) is 6.07 Å². The van der Waals surface area contributed by atoms with Crippen molar-refractivity contribution < 1.29 is 9.47 Å². The molecule has 0 spiro atoms. The molecule has 2 heteroatoms. The topological polar surface area (TPSA) is 18.5 Å². The van der Waals surface area contributed by atoms with Gasteiger partial charge in [-0.2, -0.15) is 0 Å². The zero-order valence-corrected chi connectivity index (χ0v) is 9.90. The number of fused-ring (bicyclic) bond motifs is 1. The summed E-state index contributed by atoms with van der Waals surface area (Å²) in [7, 11) is 1.71. The van der Waals surface area contributed by atoms with Gasteiger partial charge in [-0.1, -0.05) is 30.3 Å². The van der Waals surface area contributed by atoms with Crippen molar-refractivity contribution in [2.75, 3.05) is 13.7 Å². The van der Waals surface area contributed by atoms with Crippen LogP contribution in [0.5, 0.6) is 5.75 Å². The van der Waals surface area contributed by atoms with E-state index in [9.17, 15) is 0 Å². The Hall–Kier alpha value is -1.54. The SMILES string of the molecule is COc1ccc2ccccc2c1[C]1CCCO1. The molecule has 0 unspecified atom stereocenters. The highest BCUT2D eigenvalue weighted by atomic mass is 16.5. The van der Waals surface area contributed by atoms with Crippen molar-refractivity contribution in [3.05, 3.63) is 48.1 Å². The number of ether oxygens (including phenoxy) is 2. The molecule has 2 nitrogen and oxygen atoms in total. The van der Waals surface area contributed by atoms with Gasteiger partial charge in [0.05, 0.1) is 7.11 Å². The van der Waals surface area contributed by atoms with Gasteiger partial charge in [0.2, 0.25) is 0 Å². The third-order valence-corrected chi connectivity index (χ3v) is 3.21. The van der Waals surface area contributed by atoms with Crippen LogP contribution >= 0.6 is 0 Å². The Balaban J connectivity index is 2.23. The molecule has 1 aliphatic heterocycles. The summed E-state index contributed by atoms with van der Waals surface area (Å²) in [5.74, 6) is 0.903. The molecule has 1 aliphatic rings. The average Bonchev–Trinajstić information content (AvgIpc) is 2.91. The van der Waals surface area contributed by atoms with Crippen LogP contribution in [-0.2, 0) is 4.74 Å². The molecule has 2 aromatic rings. The van der Waals surface area contributed by atoms with Crippen LogP contribution in [0.15, 0.2) is 36.4 Å². The normalized spacial score (nSPS) is 16.5. The van der Waals surface area contributed by atoms with Crippen LogP contribution < -0.4 is 4.74 Å². The van der Waals surface area contributed by atoms with E-state index in [1.165, 1.54) is 10.8 Å². The first-order chi connectivity index (χ1) is 8.40. The lowest BCUT2D eigenvalue weighted by atomic mass is 9.98. The van der Waals surface area contributed by atoms with Crippen molar-refractivity contribution in [3.63, 3.8) is 0 Å². The largest absolute Gasteiger partial charge is 0.496 e. The average molecular weight is 227 g/mol. The van der Waals surface area contributed by atoms with Crippen LogP contribution in [0.3, 0.4) is 0 Å². The number of benzene rings is 2. The van der Waals surface area contributed by atoms with Crippen LogP contribution in [-0.4, -0.2) is 13.7 Å². The van der Waals surface area contributed by atoms with Crippen molar-refractivity contribution in [3.8, 4) is 5.75 Å². The van der Waals surface area contributed by atoms with Crippen LogP contribution in [0.1, 0.15) is 18.4 Å². The van der Waals surface area contributed by atoms with Crippen molar-refractivity contribution in [1.29, 1.82) is 0 Å². The van der Waals surface area contributed by atoms with E-state index in [2.05, 4.69) is 30.3 Å². The maximum atomic E-state index is 5.73. The van der Waals surface area contributed by atoms with Crippen LogP contribution in [0.25, 0.3) is 10.8 Å². The van der Waals surface area contributed by atoms with Crippen LogP contribution in [0, 0.1) is 6.10 Å². The van der Waals surface area contributed by atoms with Gasteiger partial charge in [0.15, 0.2) is 0 Å². The molecule has 0 atom stereocenters. The predicted octanol–water partition coefficient (Wildman–Crippen LogP) is 3.54. The fraction of sp³-hybridized carbons (Fsp3) is 0.267. The third kappa shape index (κ3) is 1.79. The summed E-state index contributed by atoms with van der Waals surface area (Å²) >= 11 is 0. The van der Waals surface area contributed by atoms with E-state index in [0.717, 1.165) is 36.9 Å². The molecule has 1 radical (unpaired) electrons. The molecule has 0 saturated carbocycles. The van der Waals surface area contributed by atoms with E-state index in [0.29, 0.717) is 0 Å². The first-order valence-corrected chi connectivity index (χ1v) is 5.95. The number of rotatable bonds is 2. The van der Waals surface area contributed by atoms with Gasteiger partial charge >= 0.3 is 0 Å². The Morgan fingerprint density at radius 2 is 2.00 bits per heavy atom.